The van der Waals surface area contributed by atoms with Crippen molar-refractivity contribution in [1.29, 1.82) is 0 Å². The summed E-state index contributed by atoms with van der Waals surface area (Å²) in [5.41, 5.74) is 6.00. The molecule has 0 spiro atoms. The van der Waals surface area contributed by atoms with Gasteiger partial charge >= 0.3 is 0 Å². The minimum absolute atomic E-state index is 0.213. The maximum atomic E-state index is 5.78. The molecule has 0 heterocycles. The lowest BCUT2D eigenvalue weighted by Crippen LogP contribution is -2.50. The van der Waals surface area contributed by atoms with Crippen LogP contribution in [0.25, 0.3) is 0 Å². The first-order valence-electron chi connectivity index (χ1n) is 5.19. The molecule has 12 heavy (non-hydrogen) atoms. The molecule has 2 nitrogen and oxygen atoms in total. The molecular formula is C10H24N2. The van der Waals surface area contributed by atoms with E-state index in [9.17, 15) is 0 Å². The molecule has 0 aliphatic carbocycles. The maximum absolute atomic E-state index is 5.78. The highest BCUT2D eigenvalue weighted by Crippen LogP contribution is 2.15. The molecule has 0 aromatic carbocycles. The van der Waals surface area contributed by atoms with Crippen LogP contribution >= 0.6 is 0 Å². The Morgan fingerprint density at radius 2 is 1.83 bits per heavy atom. The fourth-order valence-electron chi connectivity index (χ4n) is 1.58. The van der Waals surface area contributed by atoms with Crippen LogP contribution in [0.5, 0.6) is 0 Å². The van der Waals surface area contributed by atoms with Crippen molar-refractivity contribution < 1.29 is 0 Å². The number of nitrogens with two attached hydrogens (primary N) is 1. The highest BCUT2D eigenvalue weighted by molar-refractivity contribution is 4.86. The average Bonchev–Trinajstić information content (AvgIpc) is 2.13. The lowest BCUT2D eigenvalue weighted by atomic mass is 9.90. The monoisotopic (exact) mass is 172 g/mol. The van der Waals surface area contributed by atoms with Crippen molar-refractivity contribution in [2.24, 2.45) is 5.73 Å². The van der Waals surface area contributed by atoms with E-state index >= 15 is 0 Å². The molecule has 3 N–H and O–H groups in total. The molecule has 0 saturated carbocycles. The third-order valence-electron chi connectivity index (χ3n) is 2.55. The smallest absolute Gasteiger partial charge is 0.0301 e. The fraction of sp³-hybridized carbons (Fsp3) is 1.00. The molecule has 1 unspecified atom stereocenters. The first-order valence-corrected chi connectivity index (χ1v) is 5.19. The van der Waals surface area contributed by atoms with Gasteiger partial charge in [0.2, 0.25) is 0 Å². The topological polar surface area (TPSA) is 38.0 Å². The number of hydrogen-bond donors (Lipinski definition) is 2. The number of nitrogens with one attached hydrogen (secondary N) is 1. The molecular weight excluding hydrogens is 148 g/mol. The zero-order chi connectivity index (χ0) is 9.45. The molecule has 74 valence electrons. The normalized spacial score (nSPS) is 16.0. The Labute approximate surface area is 76.9 Å². The quantitative estimate of drug-likeness (QED) is 0.615. The first kappa shape index (κ1) is 11.9. The van der Waals surface area contributed by atoms with Gasteiger partial charge in [-0.2, -0.15) is 0 Å². The van der Waals surface area contributed by atoms with Gasteiger partial charge in [0.05, 0.1) is 0 Å². The molecule has 2 heteroatoms. The summed E-state index contributed by atoms with van der Waals surface area (Å²) in [5.74, 6) is 0. The lowest BCUT2D eigenvalue weighted by molar-refractivity contribution is 0.297. The van der Waals surface area contributed by atoms with Crippen molar-refractivity contribution in [2.75, 3.05) is 13.1 Å². The van der Waals surface area contributed by atoms with Crippen LogP contribution in [0, 0.1) is 0 Å². The SMILES string of the molecule is CCCNC(CC)(CN)CCC. The molecule has 0 rings (SSSR count). The van der Waals surface area contributed by atoms with E-state index in [-0.39, 0.29) is 5.54 Å². The van der Waals surface area contributed by atoms with Gasteiger partial charge in [-0.25, -0.2) is 0 Å². The highest BCUT2D eigenvalue weighted by Gasteiger charge is 2.23. The second-order valence-corrected chi connectivity index (χ2v) is 3.51. The zero-order valence-electron chi connectivity index (χ0n) is 8.82. The standard InChI is InChI=1S/C10H24N2/c1-4-7-10(6-3,9-11)12-8-5-2/h12H,4-9,11H2,1-3H3. The van der Waals surface area contributed by atoms with Gasteiger partial charge in [-0.05, 0) is 25.8 Å². The van der Waals surface area contributed by atoms with Gasteiger partial charge in [0, 0.05) is 12.1 Å². The number of hydrogen-bond acceptors (Lipinski definition) is 2. The van der Waals surface area contributed by atoms with E-state index in [2.05, 4.69) is 26.1 Å². The summed E-state index contributed by atoms with van der Waals surface area (Å²) in [4.78, 5) is 0. The summed E-state index contributed by atoms with van der Waals surface area (Å²) >= 11 is 0. The Balaban J connectivity index is 3.95. The summed E-state index contributed by atoms with van der Waals surface area (Å²) < 4.78 is 0. The Hall–Kier alpha value is -0.0800. The summed E-state index contributed by atoms with van der Waals surface area (Å²) in [5, 5.41) is 3.56. The summed E-state index contributed by atoms with van der Waals surface area (Å²) in [6.07, 6.45) is 4.73. The Kier molecular flexibility index (Phi) is 6.39. The van der Waals surface area contributed by atoms with Crippen LogP contribution < -0.4 is 11.1 Å². The molecule has 0 bridgehead atoms. The van der Waals surface area contributed by atoms with Crippen LogP contribution in [0.15, 0.2) is 0 Å². The predicted molar refractivity (Wildman–Crippen MR) is 55.3 cm³/mol. The van der Waals surface area contributed by atoms with Gasteiger partial charge in [-0.3, -0.25) is 0 Å². The average molecular weight is 172 g/mol. The van der Waals surface area contributed by atoms with Crippen molar-refractivity contribution in [1.82, 2.24) is 5.32 Å². The predicted octanol–water partition coefficient (Wildman–Crippen LogP) is 1.89. The van der Waals surface area contributed by atoms with Crippen molar-refractivity contribution in [2.45, 2.75) is 52.0 Å². The molecule has 1 atom stereocenters. The van der Waals surface area contributed by atoms with Crippen LogP contribution in [-0.4, -0.2) is 18.6 Å². The maximum Gasteiger partial charge on any atom is 0.0301 e. The lowest BCUT2D eigenvalue weighted by Gasteiger charge is -2.32. The van der Waals surface area contributed by atoms with E-state index in [1.165, 1.54) is 19.3 Å². The van der Waals surface area contributed by atoms with Crippen molar-refractivity contribution in [3.8, 4) is 0 Å². The minimum atomic E-state index is 0.213. The van der Waals surface area contributed by atoms with Crippen LogP contribution in [0.1, 0.15) is 46.5 Å². The molecule has 0 aliphatic rings. The van der Waals surface area contributed by atoms with Crippen molar-refractivity contribution >= 4 is 0 Å². The fourth-order valence-corrected chi connectivity index (χ4v) is 1.58. The van der Waals surface area contributed by atoms with Gasteiger partial charge in [-0.15, -0.1) is 0 Å². The van der Waals surface area contributed by atoms with E-state index in [1.807, 2.05) is 0 Å². The van der Waals surface area contributed by atoms with Gasteiger partial charge in [-0.1, -0.05) is 27.2 Å². The molecule has 0 saturated heterocycles. The Morgan fingerprint density at radius 3 is 2.17 bits per heavy atom. The Bertz CT molecular complexity index is 98.0. The Morgan fingerprint density at radius 1 is 1.17 bits per heavy atom. The minimum Gasteiger partial charge on any atom is -0.329 e. The molecule has 0 aliphatic heterocycles. The van der Waals surface area contributed by atoms with Gasteiger partial charge < -0.3 is 11.1 Å². The first-order chi connectivity index (χ1) is 5.74. The molecule has 0 aromatic heterocycles. The molecule has 0 fully saturated rings. The van der Waals surface area contributed by atoms with E-state index in [0.717, 1.165) is 19.5 Å². The van der Waals surface area contributed by atoms with E-state index in [0.29, 0.717) is 0 Å². The molecule has 0 aromatic rings. The van der Waals surface area contributed by atoms with Crippen LogP contribution in [0.3, 0.4) is 0 Å². The zero-order valence-corrected chi connectivity index (χ0v) is 8.82. The summed E-state index contributed by atoms with van der Waals surface area (Å²) in [6, 6.07) is 0. The van der Waals surface area contributed by atoms with Crippen molar-refractivity contribution in [3.63, 3.8) is 0 Å². The summed E-state index contributed by atoms with van der Waals surface area (Å²) in [6.45, 7) is 8.47. The highest BCUT2D eigenvalue weighted by atomic mass is 15.0. The third-order valence-corrected chi connectivity index (χ3v) is 2.55. The van der Waals surface area contributed by atoms with E-state index < -0.39 is 0 Å². The van der Waals surface area contributed by atoms with Crippen LogP contribution in [0.2, 0.25) is 0 Å². The van der Waals surface area contributed by atoms with Crippen molar-refractivity contribution in [3.05, 3.63) is 0 Å². The second-order valence-electron chi connectivity index (χ2n) is 3.51. The largest absolute Gasteiger partial charge is 0.329 e. The summed E-state index contributed by atoms with van der Waals surface area (Å²) in [7, 11) is 0. The van der Waals surface area contributed by atoms with Gasteiger partial charge in [0.15, 0.2) is 0 Å². The van der Waals surface area contributed by atoms with Crippen LogP contribution in [-0.2, 0) is 0 Å². The van der Waals surface area contributed by atoms with E-state index in [4.69, 9.17) is 5.73 Å². The van der Waals surface area contributed by atoms with E-state index in [1.54, 1.807) is 0 Å². The second kappa shape index (κ2) is 6.44. The third kappa shape index (κ3) is 3.55. The van der Waals surface area contributed by atoms with Crippen LogP contribution in [0.4, 0.5) is 0 Å². The van der Waals surface area contributed by atoms with Gasteiger partial charge in [0.25, 0.3) is 0 Å². The molecule has 0 radical (unpaired) electrons. The number of rotatable bonds is 7. The van der Waals surface area contributed by atoms with Gasteiger partial charge in [0.1, 0.15) is 0 Å². The molecule has 0 amide bonds.